The Hall–Kier alpha value is -1.77. The highest BCUT2D eigenvalue weighted by Gasteiger charge is 2.29. The van der Waals surface area contributed by atoms with Gasteiger partial charge in [-0.2, -0.15) is 9.57 Å². The SMILES string of the molecule is Cc1sc(NC(=O)c2ccc(Br)c(S(=O)(=O)N3CCOCC3)c2)c(C#N)c1C. The van der Waals surface area contributed by atoms with Crippen LogP contribution < -0.4 is 5.32 Å². The molecule has 0 radical (unpaired) electrons. The number of thiophene rings is 1. The molecule has 0 saturated carbocycles. The predicted octanol–water partition coefficient (Wildman–Crippen LogP) is 3.27. The van der Waals surface area contributed by atoms with E-state index >= 15 is 0 Å². The van der Waals surface area contributed by atoms with Crippen molar-refractivity contribution >= 4 is 48.2 Å². The number of morpholine rings is 1. The second-order valence-electron chi connectivity index (χ2n) is 6.21. The largest absolute Gasteiger partial charge is 0.379 e. The van der Waals surface area contributed by atoms with Crippen LogP contribution in [-0.4, -0.2) is 44.9 Å². The second kappa shape index (κ2) is 8.31. The molecule has 10 heteroatoms. The Bertz CT molecular complexity index is 1070. The summed E-state index contributed by atoms with van der Waals surface area (Å²) in [6.07, 6.45) is 0. The minimum atomic E-state index is -3.76. The molecular weight excluding hydrogens is 466 g/mol. The van der Waals surface area contributed by atoms with E-state index in [1.807, 2.05) is 13.8 Å². The maximum atomic E-state index is 13.0. The number of amides is 1. The maximum Gasteiger partial charge on any atom is 0.256 e. The molecule has 0 aliphatic carbocycles. The van der Waals surface area contributed by atoms with Gasteiger partial charge in [0.2, 0.25) is 10.0 Å². The molecule has 0 atom stereocenters. The zero-order valence-corrected chi connectivity index (χ0v) is 18.5. The summed E-state index contributed by atoms with van der Waals surface area (Å²) in [5, 5.41) is 12.5. The average Bonchev–Trinajstić information content (AvgIpc) is 2.95. The number of nitrogens with one attached hydrogen (secondary N) is 1. The fourth-order valence-electron chi connectivity index (χ4n) is 2.79. The lowest BCUT2D eigenvalue weighted by Gasteiger charge is -2.26. The zero-order valence-electron chi connectivity index (χ0n) is 15.3. The Labute approximate surface area is 176 Å². The van der Waals surface area contributed by atoms with Crippen molar-refractivity contribution in [2.24, 2.45) is 0 Å². The number of nitrogens with zero attached hydrogens (tertiary/aromatic N) is 2. The van der Waals surface area contributed by atoms with Gasteiger partial charge in [-0.05, 0) is 53.5 Å². The molecule has 0 unspecified atom stereocenters. The van der Waals surface area contributed by atoms with E-state index < -0.39 is 15.9 Å². The van der Waals surface area contributed by atoms with Crippen LogP contribution >= 0.6 is 27.3 Å². The lowest BCUT2D eigenvalue weighted by Crippen LogP contribution is -2.40. The van der Waals surface area contributed by atoms with Crippen LogP contribution in [0.1, 0.15) is 26.4 Å². The number of benzene rings is 1. The normalized spacial score (nSPS) is 15.2. The van der Waals surface area contributed by atoms with Crippen molar-refractivity contribution in [3.63, 3.8) is 0 Å². The van der Waals surface area contributed by atoms with Gasteiger partial charge in [0, 0.05) is 28.0 Å². The van der Waals surface area contributed by atoms with Gasteiger partial charge in [-0.3, -0.25) is 4.79 Å². The van der Waals surface area contributed by atoms with Crippen LogP contribution in [0.3, 0.4) is 0 Å². The van der Waals surface area contributed by atoms with Gasteiger partial charge in [0.1, 0.15) is 11.1 Å². The van der Waals surface area contributed by atoms with E-state index in [9.17, 15) is 18.5 Å². The van der Waals surface area contributed by atoms with Crippen LogP contribution in [0.4, 0.5) is 5.00 Å². The van der Waals surface area contributed by atoms with Gasteiger partial charge in [0.05, 0.1) is 23.7 Å². The predicted molar refractivity (Wildman–Crippen MR) is 110 cm³/mol. The molecule has 2 heterocycles. The molecule has 0 bridgehead atoms. The average molecular weight is 484 g/mol. The van der Waals surface area contributed by atoms with E-state index in [1.165, 1.54) is 27.8 Å². The van der Waals surface area contributed by atoms with E-state index in [0.717, 1.165) is 10.4 Å². The number of rotatable bonds is 4. The van der Waals surface area contributed by atoms with Crippen LogP contribution in [0.15, 0.2) is 27.6 Å². The van der Waals surface area contributed by atoms with Gasteiger partial charge in [0.25, 0.3) is 5.91 Å². The smallest absolute Gasteiger partial charge is 0.256 e. The number of ether oxygens (including phenoxy) is 1. The first-order chi connectivity index (χ1) is 13.3. The number of hydrogen-bond donors (Lipinski definition) is 1. The lowest BCUT2D eigenvalue weighted by molar-refractivity contribution is 0.0730. The standard InChI is InChI=1S/C18H18BrN3O4S2/c1-11-12(2)27-18(14(11)10-20)21-17(23)13-3-4-15(19)16(9-13)28(24,25)22-5-7-26-8-6-22/h3-4,9H,5-8H2,1-2H3,(H,21,23). The van der Waals surface area contributed by atoms with Crippen molar-refractivity contribution in [2.75, 3.05) is 31.6 Å². The van der Waals surface area contributed by atoms with E-state index in [1.54, 1.807) is 6.07 Å². The van der Waals surface area contributed by atoms with Crippen molar-refractivity contribution in [1.29, 1.82) is 5.26 Å². The second-order valence-corrected chi connectivity index (χ2v) is 10.2. The molecule has 2 aromatic rings. The first kappa shape index (κ1) is 21.0. The Morgan fingerprint density at radius 2 is 2.00 bits per heavy atom. The highest BCUT2D eigenvalue weighted by Crippen LogP contribution is 2.32. The molecule has 1 aromatic heterocycles. The molecule has 1 aliphatic heterocycles. The molecule has 7 nitrogen and oxygen atoms in total. The number of aryl methyl sites for hydroxylation is 1. The lowest BCUT2D eigenvalue weighted by atomic mass is 10.1. The van der Waals surface area contributed by atoms with Gasteiger partial charge >= 0.3 is 0 Å². The third kappa shape index (κ3) is 3.99. The maximum absolute atomic E-state index is 13.0. The minimum absolute atomic E-state index is 0.0288. The Balaban J connectivity index is 1.92. The number of carbonyl (C=O) groups is 1. The van der Waals surface area contributed by atoms with Gasteiger partial charge in [-0.15, -0.1) is 11.3 Å². The topological polar surface area (TPSA) is 99.5 Å². The summed E-state index contributed by atoms with van der Waals surface area (Å²) >= 11 is 4.59. The van der Waals surface area contributed by atoms with E-state index in [2.05, 4.69) is 27.3 Å². The molecule has 1 aromatic carbocycles. The van der Waals surface area contributed by atoms with Crippen molar-refractivity contribution in [1.82, 2.24) is 4.31 Å². The third-order valence-corrected chi connectivity index (χ3v) is 8.52. The number of carbonyl (C=O) groups excluding carboxylic acids is 1. The van der Waals surface area contributed by atoms with Crippen molar-refractivity contribution in [2.45, 2.75) is 18.7 Å². The Morgan fingerprint density at radius 3 is 2.64 bits per heavy atom. The summed E-state index contributed by atoms with van der Waals surface area (Å²) in [6, 6.07) is 6.53. The van der Waals surface area contributed by atoms with E-state index in [0.29, 0.717) is 28.3 Å². The van der Waals surface area contributed by atoms with Gasteiger partial charge < -0.3 is 10.1 Å². The van der Waals surface area contributed by atoms with E-state index in [4.69, 9.17) is 4.74 Å². The summed E-state index contributed by atoms with van der Waals surface area (Å²) in [7, 11) is -3.76. The van der Waals surface area contributed by atoms with Crippen LogP contribution in [0.25, 0.3) is 0 Å². The molecular formula is C18H18BrN3O4S2. The van der Waals surface area contributed by atoms with E-state index in [-0.39, 0.29) is 23.5 Å². The highest BCUT2D eigenvalue weighted by atomic mass is 79.9. The molecule has 1 amide bonds. The summed E-state index contributed by atoms with van der Waals surface area (Å²) in [4.78, 5) is 13.7. The molecule has 148 valence electrons. The molecule has 1 N–H and O–H groups in total. The number of halogens is 1. The molecule has 28 heavy (non-hydrogen) atoms. The fourth-order valence-corrected chi connectivity index (χ4v) is 6.16. The third-order valence-electron chi connectivity index (χ3n) is 4.51. The molecule has 3 rings (SSSR count). The van der Waals surface area contributed by atoms with Crippen molar-refractivity contribution in [3.8, 4) is 6.07 Å². The Morgan fingerprint density at radius 1 is 1.32 bits per heavy atom. The Kier molecular flexibility index (Phi) is 6.21. The first-order valence-corrected chi connectivity index (χ1v) is 11.5. The minimum Gasteiger partial charge on any atom is -0.379 e. The highest BCUT2D eigenvalue weighted by molar-refractivity contribution is 9.10. The summed E-state index contributed by atoms with van der Waals surface area (Å²) in [5.41, 5.74) is 1.45. The van der Waals surface area contributed by atoms with Gasteiger partial charge in [-0.1, -0.05) is 0 Å². The van der Waals surface area contributed by atoms with Crippen LogP contribution in [-0.2, 0) is 14.8 Å². The number of nitriles is 1. The van der Waals surface area contributed by atoms with Gasteiger partial charge in [0.15, 0.2) is 0 Å². The molecule has 0 spiro atoms. The fraction of sp³-hybridized carbons (Fsp3) is 0.333. The van der Waals surface area contributed by atoms with Crippen LogP contribution in [0, 0.1) is 25.2 Å². The van der Waals surface area contributed by atoms with Crippen molar-refractivity contribution in [3.05, 3.63) is 44.2 Å². The number of hydrogen-bond acceptors (Lipinski definition) is 6. The van der Waals surface area contributed by atoms with Crippen LogP contribution in [0.5, 0.6) is 0 Å². The molecule has 1 saturated heterocycles. The van der Waals surface area contributed by atoms with Crippen LogP contribution in [0.2, 0.25) is 0 Å². The molecule has 1 aliphatic rings. The first-order valence-electron chi connectivity index (χ1n) is 8.44. The number of sulfonamides is 1. The summed E-state index contributed by atoms with van der Waals surface area (Å²) in [5.74, 6) is -0.469. The number of anilines is 1. The summed E-state index contributed by atoms with van der Waals surface area (Å²) < 4.78 is 32.9. The quantitative estimate of drug-likeness (QED) is 0.718. The summed E-state index contributed by atoms with van der Waals surface area (Å²) in [6.45, 7) is 4.92. The molecule has 1 fully saturated rings. The van der Waals surface area contributed by atoms with Crippen molar-refractivity contribution < 1.29 is 17.9 Å². The van der Waals surface area contributed by atoms with Gasteiger partial charge in [-0.25, -0.2) is 8.42 Å². The zero-order chi connectivity index (χ0) is 20.5. The monoisotopic (exact) mass is 483 g/mol.